The van der Waals surface area contributed by atoms with E-state index in [9.17, 15) is 20.2 Å². The van der Waals surface area contributed by atoms with Gasteiger partial charge in [-0.25, -0.2) is 0 Å². The minimum absolute atomic E-state index is 0.109. The molecule has 1 amide bonds. The summed E-state index contributed by atoms with van der Waals surface area (Å²) < 4.78 is 5.67. The van der Waals surface area contributed by atoms with Gasteiger partial charge in [-0.05, 0) is 44.2 Å². The smallest absolute Gasteiger partial charge is 0.271 e. The number of nitriles is 1. The van der Waals surface area contributed by atoms with Crippen molar-refractivity contribution in [1.82, 2.24) is 0 Å². The molecular weight excluding hydrogens is 370 g/mol. The van der Waals surface area contributed by atoms with Crippen LogP contribution < -0.4 is 10.1 Å². The number of benzene rings is 2. The van der Waals surface area contributed by atoms with Gasteiger partial charge in [0.2, 0.25) is 0 Å². The van der Waals surface area contributed by atoms with Crippen LogP contribution in [0.15, 0.2) is 48.0 Å². The number of carbonyl (C=O) groups is 1. The van der Waals surface area contributed by atoms with Crippen molar-refractivity contribution in [2.24, 2.45) is 0 Å². The highest BCUT2D eigenvalue weighted by Gasteiger charge is 2.14. The van der Waals surface area contributed by atoms with Gasteiger partial charge in [-0.15, -0.1) is 0 Å². The molecule has 0 aromatic heterocycles. The van der Waals surface area contributed by atoms with Crippen molar-refractivity contribution >= 4 is 35.0 Å². The Hall–Kier alpha value is -3.37. The number of nitrogens with zero attached hydrogens (tertiary/aromatic N) is 2. The highest BCUT2D eigenvalue weighted by atomic mass is 35.5. The first-order chi connectivity index (χ1) is 12.8. The van der Waals surface area contributed by atoms with Crippen LogP contribution in [-0.4, -0.2) is 16.9 Å². The molecule has 0 saturated carbocycles. The molecule has 0 fully saturated rings. The standard InChI is InChI=1S/C19H16ClN3O4/c1-12(2)27-18-7-6-15(20)9-13(18)8-14(11-21)19(24)22-16-4-3-5-17(10-16)23(25)26/h3-10,12H,1-2H3,(H,22,24)/b14-8+. The third-order valence-corrected chi connectivity index (χ3v) is 3.55. The van der Waals surface area contributed by atoms with Gasteiger partial charge in [0, 0.05) is 28.4 Å². The van der Waals surface area contributed by atoms with E-state index in [-0.39, 0.29) is 23.1 Å². The Bertz CT molecular complexity index is 948. The van der Waals surface area contributed by atoms with Gasteiger partial charge in [0.1, 0.15) is 17.4 Å². The minimum Gasteiger partial charge on any atom is -0.490 e. The van der Waals surface area contributed by atoms with Gasteiger partial charge in [0.05, 0.1) is 11.0 Å². The lowest BCUT2D eigenvalue weighted by molar-refractivity contribution is -0.384. The molecule has 1 N–H and O–H groups in total. The summed E-state index contributed by atoms with van der Waals surface area (Å²) in [5.74, 6) is -0.223. The molecule has 0 aliphatic heterocycles. The number of halogens is 1. The maximum atomic E-state index is 12.4. The summed E-state index contributed by atoms with van der Waals surface area (Å²) in [6, 6.07) is 12.1. The number of amides is 1. The molecule has 2 aromatic rings. The molecule has 0 saturated heterocycles. The van der Waals surface area contributed by atoms with Crippen LogP contribution in [0.5, 0.6) is 5.75 Å². The van der Waals surface area contributed by atoms with Gasteiger partial charge in [-0.2, -0.15) is 5.26 Å². The van der Waals surface area contributed by atoms with Crippen molar-refractivity contribution in [2.45, 2.75) is 20.0 Å². The van der Waals surface area contributed by atoms with Crippen molar-refractivity contribution in [3.05, 3.63) is 68.7 Å². The average Bonchev–Trinajstić information content (AvgIpc) is 2.61. The van der Waals surface area contributed by atoms with Gasteiger partial charge >= 0.3 is 0 Å². The Morgan fingerprint density at radius 1 is 1.33 bits per heavy atom. The Balaban J connectivity index is 2.32. The molecule has 27 heavy (non-hydrogen) atoms. The zero-order valence-corrected chi connectivity index (χ0v) is 15.4. The monoisotopic (exact) mass is 385 g/mol. The lowest BCUT2D eigenvalue weighted by Crippen LogP contribution is -2.13. The van der Waals surface area contributed by atoms with E-state index in [1.807, 2.05) is 19.9 Å². The van der Waals surface area contributed by atoms with Gasteiger partial charge < -0.3 is 10.1 Å². The zero-order chi connectivity index (χ0) is 20.0. The predicted molar refractivity (Wildman–Crippen MR) is 103 cm³/mol. The average molecular weight is 386 g/mol. The number of ether oxygens (including phenoxy) is 1. The summed E-state index contributed by atoms with van der Waals surface area (Å²) in [7, 11) is 0. The Morgan fingerprint density at radius 2 is 2.07 bits per heavy atom. The van der Waals surface area contributed by atoms with Crippen LogP contribution in [-0.2, 0) is 4.79 Å². The van der Waals surface area contributed by atoms with Crippen molar-refractivity contribution in [1.29, 1.82) is 5.26 Å². The zero-order valence-electron chi connectivity index (χ0n) is 14.6. The van der Waals surface area contributed by atoms with E-state index in [1.165, 1.54) is 30.3 Å². The third kappa shape index (κ3) is 5.56. The second-order valence-corrected chi connectivity index (χ2v) is 6.22. The molecule has 7 nitrogen and oxygen atoms in total. The second kappa shape index (κ2) is 8.83. The largest absolute Gasteiger partial charge is 0.490 e. The number of hydrogen-bond donors (Lipinski definition) is 1. The summed E-state index contributed by atoms with van der Waals surface area (Å²) in [6.07, 6.45) is 1.25. The molecule has 2 rings (SSSR count). The van der Waals surface area contributed by atoms with Gasteiger partial charge in [-0.1, -0.05) is 17.7 Å². The molecule has 8 heteroatoms. The van der Waals surface area contributed by atoms with Crippen LogP contribution in [0, 0.1) is 21.4 Å². The molecule has 0 spiro atoms. The van der Waals surface area contributed by atoms with E-state index in [2.05, 4.69) is 5.32 Å². The van der Waals surface area contributed by atoms with Gasteiger partial charge in [0.15, 0.2) is 0 Å². The quantitative estimate of drug-likeness (QED) is 0.339. The molecule has 0 heterocycles. The fourth-order valence-electron chi connectivity index (χ4n) is 2.19. The summed E-state index contributed by atoms with van der Waals surface area (Å²) in [4.78, 5) is 22.7. The maximum absolute atomic E-state index is 12.4. The number of carbonyl (C=O) groups excluding carboxylic acids is 1. The molecule has 0 unspecified atom stereocenters. The van der Waals surface area contributed by atoms with E-state index in [4.69, 9.17) is 16.3 Å². The van der Waals surface area contributed by atoms with Crippen molar-refractivity contribution in [3.63, 3.8) is 0 Å². The number of nitro groups is 1. The number of hydrogen-bond acceptors (Lipinski definition) is 5. The lowest BCUT2D eigenvalue weighted by Gasteiger charge is -2.13. The molecule has 0 radical (unpaired) electrons. The Morgan fingerprint density at radius 3 is 2.70 bits per heavy atom. The predicted octanol–water partition coefficient (Wildman–Crippen LogP) is 4.58. The molecule has 138 valence electrons. The first-order valence-electron chi connectivity index (χ1n) is 7.94. The van der Waals surface area contributed by atoms with Gasteiger partial charge in [0.25, 0.3) is 11.6 Å². The second-order valence-electron chi connectivity index (χ2n) is 5.78. The van der Waals surface area contributed by atoms with Crippen LogP contribution in [0.25, 0.3) is 6.08 Å². The fourth-order valence-corrected chi connectivity index (χ4v) is 2.37. The van der Waals surface area contributed by atoms with E-state index in [0.717, 1.165) is 0 Å². The number of non-ortho nitro benzene ring substituents is 1. The minimum atomic E-state index is -0.700. The highest BCUT2D eigenvalue weighted by molar-refractivity contribution is 6.30. The van der Waals surface area contributed by atoms with Crippen molar-refractivity contribution in [2.75, 3.05) is 5.32 Å². The van der Waals surface area contributed by atoms with Crippen LogP contribution in [0.4, 0.5) is 11.4 Å². The molecule has 2 aromatic carbocycles. The molecule has 0 aliphatic rings. The van der Waals surface area contributed by atoms with Crippen molar-refractivity contribution in [3.8, 4) is 11.8 Å². The molecule has 0 aliphatic carbocycles. The Kier molecular flexibility index (Phi) is 6.52. The number of nitro benzene ring substituents is 1. The summed E-state index contributed by atoms with van der Waals surface area (Å²) in [5, 5.41) is 23.1. The van der Waals surface area contributed by atoms with Crippen LogP contribution in [0.2, 0.25) is 5.02 Å². The first-order valence-corrected chi connectivity index (χ1v) is 8.31. The van der Waals surface area contributed by atoms with Crippen LogP contribution >= 0.6 is 11.6 Å². The van der Waals surface area contributed by atoms with E-state index >= 15 is 0 Å². The number of anilines is 1. The Labute approximate surface area is 161 Å². The fraction of sp³-hybridized carbons (Fsp3) is 0.158. The topological polar surface area (TPSA) is 105 Å². The van der Waals surface area contributed by atoms with E-state index in [0.29, 0.717) is 16.3 Å². The van der Waals surface area contributed by atoms with E-state index in [1.54, 1.807) is 18.2 Å². The summed E-state index contributed by atoms with van der Waals surface area (Å²) in [5.41, 5.74) is 0.317. The van der Waals surface area contributed by atoms with Crippen LogP contribution in [0.3, 0.4) is 0 Å². The van der Waals surface area contributed by atoms with Crippen LogP contribution in [0.1, 0.15) is 19.4 Å². The molecule has 0 atom stereocenters. The SMILES string of the molecule is CC(C)Oc1ccc(Cl)cc1/C=C(\C#N)C(=O)Nc1cccc([N+](=O)[O-])c1. The highest BCUT2D eigenvalue weighted by Crippen LogP contribution is 2.26. The molecule has 0 bridgehead atoms. The summed E-state index contributed by atoms with van der Waals surface area (Å²) >= 11 is 6.00. The number of nitrogens with one attached hydrogen (secondary N) is 1. The summed E-state index contributed by atoms with van der Waals surface area (Å²) in [6.45, 7) is 3.70. The first kappa shape index (κ1) is 19.9. The van der Waals surface area contributed by atoms with Crippen molar-refractivity contribution < 1.29 is 14.5 Å². The van der Waals surface area contributed by atoms with E-state index < -0.39 is 10.8 Å². The maximum Gasteiger partial charge on any atom is 0.271 e. The van der Waals surface area contributed by atoms with Gasteiger partial charge in [-0.3, -0.25) is 14.9 Å². The molecular formula is C19H16ClN3O4. The number of rotatable bonds is 6. The lowest BCUT2D eigenvalue weighted by atomic mass is 10.1. The normalized spacial score (nSPS) is 11.0. The third-order valence-electron chi connectivity index (χ3n) is 3.31.